The van der Waals surface area contributed by atoms with Gasteiger partial charge in [0.1, 0.15) is 11.9 Å². The molecule has 10 heteroatoms. The lowest BCUT2D eigenvalue weighted by Gasteiger charge is -2.35. The molecule has 200 valence electrons. The standard InChI is InChI=1S/C27H36N4O6/c1-28(2)13-9-20-17-31(25-16-23(34-4)7-8-24(20)25)26(32)35-19-36-27(33)37-22-10-14-30(15-11-22)21-6-5-12-29(3)18-21/h5,7-8,12,16-18,22H,6,9-11,13-15,19H2,1-4H3. The molecule has 3 heterocycles. The van der Waals surface area contributed by atoms with Gasteiger partial charge >= 0.3 is 12.2 Å². The Kier molecular flexibility index (Phi) is 8.60. The van der Waals surface area contributed by atoms with Crippen molar-refractivity contribution in [2.45, 2.75) is 31.8 Å². The first-order valence-electron chi connectivity index (χ1n) is 12.5. The Hall–Kier alpha value is -3.66. The fourth-order valence-electron chi connectivity index (χ4n) is 4.61. The highest BCUT2D eigenvalue weighted by Crippen LogP contribution is 2.27. The average Bonchev–Trinajstić information content (AvgIpc) is 3.25. The van der Waals surface area contributed by atoms with Crippen molar-refractivity contribution >= 4 is 23.2 Å². The molecular weight excluding hydrogens is 476 g/mol. The van der Waals surface area contributed by atoms with Crippen LogP contribution in [0.2, 0.25) is 0 Å². The van der Waals surface area contributed by atoms with Crippen LogP contribution in [0.1, 0.15) is 24.8 Å². The van der Waals surface area contributed by atoms with Gasteiger partial charge in [0, 0.05) is 75.5 Å². The van der Waals surface area contributed by atoms with E-state index >= 15 is 0 Å². The molecule has 37 heavy (non-hydrogen) atoms. The van der Waals surface area contributed by atoms with E-state index in [2.05, 4.69) is 22.1 Å². The summed E-state index contributed by atoms with van der Waals surface area (Å²) in [6.45, 7) is 1.92. The van der Waals surface area contributed by atoms with Gasteiger partial charge in [-0.15, -0.1) is 0 Å². The normalized spacial score (nSPS) is 16.2. The van der Waals surface area contributed by atoms with Crippen LogP contribution in [0.3, 0.4) is 0 Å². The second-order valence-corrected chi connectivity index (χ2v) is 9.56. The molecule has 2 aromatic rings. The van der Waals surface area contributed by atoms with Crippen LogP contribution in [-0.4, -0.2) is 92.3 Å². The van der Waals surface area contributed by atoms with Crippen LogP contribution in [-0.2, 0) is 20.6 Å². The number of allylic oxidation sites excluding steroid dienone is 1. The maximum atomic E-state index is 12.8. The number of benzene rings is 1. The fourth-order valence-corrected chi connectivity index (χ4v) is 4.61. The van der Waals surface area contributed by atoms with Gasteiger partial charge in [0.2, 0.25) is 6.79 Å². The van der Waals surface area contributed by atoms with Crippen molar-refractivity contribution in [1.29, 1.82) is 0 Å². The van der Waals surface area contributed by atoms with Crippen LogP contribution < -0.4 is 4.74 Å². The molecule has 1 aromatic heterocycles. The maximum absolute atomic E-state index is 12.8. The van der Waals surface area contributed by atoms with E-state index in [9.17, 15) is 9.59 Å². The summed E-state index contributed by atoms with van der Waals surface area (Å²) in [5, 5.41) is 0.943. The number of nitrogens with zero attached hydrogens (tertiary/aromatic N) is 4. The molecule has 0 amide bonds. The molecule has 0 bridgehead atoms. The number of ether oxygens (including phenoxy) is 4. The van der Waals surface area contributed by atoms with Gasteiger partial charge in [0.15, 0.2) is 0 Å². The van der Waals surface area contributed by atoms with Gasteiger partial charge in [0.05, 0.1) is 12.6 Å². The number of piperidine rings is 1. The van der Waals surface area contributed by atoms with Crippen molar-refractivity contribution < 1.29 is 28.5 Å². The quantitative estimate of drug-likeness (QED) is 0.385. The van der Waals surface area contributed by atoms with Crippen molar-refractivity contribution in [2.75, 3.05) is 54.7 Å². The Morgan fingerprint density at radius 3 is 2.62 bits per heavy atom. The van der Waals surface area contributed by atoms with E-state index in [-0.39, 0.29) is 6.10 Å². The smallest absolute Gasteiger partial charge is 0.497 e. The molecule has 0 N–H and O–H groups in total. The zero-order valence-corrected chi connectivity index (χ0v) is 22.0. The molecule has 0 saturated carbocycles. The molecule has 0 spiro atoms. The Morgan fingerprint density at radius 1 is 1.14 bits per heavy atom. The third-order valence-electron chi connectivity index (χ3n) is 6.61. The highest BCUT2D eigenvalue weighted by molar-refractivity contribution is 5.92. The molecule has 0 aliphatic carbocycles. The summed E-state index contributed by atoms with van der Waals surface area (Å²) >= 11 is 0. The Bertz CT molecular complexity index is 1160. The largest absolute Gasteiger partial charge is 0.511 e. The third-order valence-corrected chi connectivity index (χ3v) is 6.61. The van der Waals surface area contributed by atoms with Crippen molar-refractivity contribution in [3.63, 3.8) is 0 Å². The van der Waals surface area contributed by atoms with Gasteiger partial charge in [-0.25, -0.2) is 9.59 Å². The molecule has 1 aromatic carbocycles. The highest BCUT2D eigenvalue weighted by Gasteiger charge is 2.25. The predicted molar refractivity (Wildman–Crippen MR) is 139 cm³/mol. The number of methoxy groups -OCH3 is 1. The first-order chi connectivity index (χ1) is 17.8. The summed E-state index contributed by atoms with van der Waals surface area (Å²) in [6, 6.07) is 5.58. The van der Waals surface area contributed by atoms with Crippen LogP contribution >= 0.6 is 0 Å². The number of fused-ring (bicyclic) bond motifs is 1. The zero-order valence-electron chi connectivity index (χ0n) is 22.0. The Balaban J connectivity index is 1.27. The minimum atomic E-state index is -0.837. The first kappa shape index (κ1) is 26.4. The molecular formula is C27H36N4O6. The lowest BCUT2D eigenvalue weighted by molar-refractivity contribution is -0.0383. The summed E-state index contributed by atoms with van der Waals surface area (Å²) in [4.78, 5) is 31.5. The van der Waals surface area contributed by atoms with Crippen LogP contribution in [0.5, 0.6) is 5.75 Å². The Morgan fingerprint density at radius 2 is 1.92 bits per heavy atom. The predicted octanol–water partition coefficient (Wildman–Crippen LogP) is 4.00. The molecule has 0 unspecified atom stereocenters. The van der Waals surface area contributed by atoms with Crippen molar-refractivity contribution in [3.8, 4) is 5.75 Å². The molecule has 4 rings (SSSR count). The lowest BCUT2D eigenvalue weighted by Crippen LogP contribution is -2.38. The van der Waals surface area contributed by atoms with Gasteiger partial charge in [-0.1, -0.05) is 6.08 Å². The Labute approximate surface area is 217 Å². The van der Waals surface area contributed by atoms with E-state index in [1.54, 1.807) is 19.4 Å². The van der Waals surface area contributed by atoms with E-state index in [0.29, 0.717) is 24.1 Å². The van der Waals surface area contributed by atoms with Gasteiger partial charge in [-0.05, 0) is 44.4 Å². The molecule has 2 aliphatic heterocycles. The van der Waals surface area contributed by atoms with Crippen LogP contribution in [0.4, 0.5) is 9.59 Å². The molecule has 0 atom stereocenters. The number of likely N-dealkylation sites (tertiary alicyclic amines) is 1. The van der Waals surface area contributed by atoms with E-state index in [1.807, 2.05) is 44.4 Å². The number of rotatable bonds is 8. The molecule has 2 aliphatic rings. The van der Waals surface area contributed by atoms with Crippen molar-refractivity contribution in [3.05, 3.63) is 54.1 Å². The average molecular weight is 513 g/mol. The van der Waals surface area contributed by atoms with Crippen molar-refractivity contribution in [2.24, 2.45) is 0 Å². The molecule has 1 fully saturated rings. The van der Waals surface area contributed by atoms with E-state index in [0.717, 1.165) is 43.4 Å². The first-order valence-corrected chi connectivity index (χ1v) is 12.5. The SMILES string of the molecule is COc1ccc2c(CCN(C)C)cn(C(=O)OCOC(=O)OC3CCN(C4=CN(C)C=CC4)CC3)c2c1. The zero-order chi connectivity index (χ0) is 26.4. The minimum absolute atomic E-state index is 0.225. The van der Waals surface area contributed by atoms with Crippen LogP contribution in [0, 0.1) is 0 Å². The second kappa shape index (κ2) is 12.1. The highest BCUT2D eigenvalue weighted by atomic mass is 16.8. The second-order valence-electron chi connectivity index (χ2n) is 9.56. The summed E-state index contributed by atoms with van der Waals surface area (Å²) in [5.41, 5.74) is 2.95. The summed E-state index contributed by atoms with van der Waals surface area (Å²) in [5.74, 6) is 0.632. The fraction of sp³-hybridized carbons (Fsp3) is 0.481. The monoisotopic (exact) mass is 512 g/mol. The number of hydrogen-bond donors (Lipinski definition) is 0. The number of carbonyl (C=O) groups excluding carboxylic acids is 2. The third kappa shape index (κ3) is 6.76. The summed E-state index contributed by atoms with van der Waals surface area (Å²) in [6.07, 6.45) is 9.46. The summed E-state index contributed by atoms with van der Waals surface area (Å²) < 4.78 is 22.5. The van der Waals surface area contributed by atoms with Gasteiger partial charge in [0.25, 0.3) is 0 Å². The molecule has 1 saturated heterocycles. The number of likely N-dealkylation sites (N-methyl/N-ethyl adjacent to an activating group) is 1. The maximum Gasteiger partial charge on any atom is 0.511 e. The van der Waals surface area contributed by atoms with Gasteiger partial charge in [-0.3, -0.25) is 4.57 Å². The molecule has 10 nitrogen and oxygen atoms in total. The molecule has 0 radical (unpaired) electrons. The number of hydrogen-bond acceptors (Lipinski definition) is 9. The van der Waals surface area contributed by atoms with Gasteiger partial charge in [-0.2, -0.15) is 0 Å². The topological polar surface area (TPSA) is 85.7 Å². The van der Waals surface area contributed by atoms with Crippen molar-refractivity contribution in [1.82, 2.24) is 19.3 Å². The summed E-state index contributed by atoms with van der Waals surface area (Å²) in [7, 11) is 7.59. The minimum Gasteiger partial charge on any atom is -0.497 e. The van der Waals surface area contributed by atoms with Crippen LogP contribution in [0.15, 0.2) is 48.6 Å². The van der Waals surface area contributed by atoms with Crippen LogP contribution in [0.25, 0.3) is 10.9 Å². The number of aromatic nitrogens is 1. The van der Waals surface area contributed by atoms with E-state index < -0.39 is 19.0 Å². The van der Waals surface area contributed by atoms with Gasteiger partial charge < -0.3 is 33.6 Å². The van der Waals surface area contributed by atoms with E-state index in [4.69, 9.17) is 18.9 Å². The van der Waals surface area contributed by atoms with E-state index in [1.165, 1.54) is 10.3 Å². The number of carbonyl (C=O) groups is 2. The lowest BCUT2D eigenvalue weighted by atomic mass is 10.1.